The summed E-state index contributed by atoms with van der Waals surface area (Å²) >= 11 is 1.77. The standard InChI is InChI=1S/C13H15N3O2S/c1-3-9-4-5-10(19-9)7-14-12-6-11(13(17)18-2)15-8-16-12/h4-6,8H,3,7H2,1-2H3,(H,14,15,16). The number of methoxy groups -OCH3 is 1. The number of carbonyl (C=O) groups excluding carboxylic acids is 1. The molecule has 0 amide bonds. The highest BCUT2D eigenvalue weighted by molar-refractivity contribution is 7.12. The van der Waals surface area contributed by atoms with E-state index < -0.39 is 5.97 Å². The highest BCUT2D eigenvalue weighted by atomic mass is 32.1. The van der Waals surface area contributed by atoms with E-state index in [4.69, 9.17) is 0 Å². The van der Waals surface area contributed by atoms with E-state index in [9.17, 15) is 4.79 Å². The van der Waals surface area contributed by atoms with Gasteiger partial charge in [-0.15, -0.1) is 11.3 Å². The zero-order chi connectivity index (χ0) is 13.7. The lowest BCUT2D eigenvalue weighted by atomic mass is 10.3. The highest BCUT2D eigenvalue weighted by Crippen LogP contribution is 2.18. The van der Waals surface area contributed by atoms with Crippen LogP contribution in [0.15, 0.2) is 24.5 Å². The quantitative estimate of drug-likeness (QED) is 0.851. The molecule has 0 saturated carbocycles. The Kier molecular flexibility index (Phi) is 4.46. The largest absolute Gasteiger partial charge is 0.464 e. The van der Waals surface area contributed by atoms with Gasteiger partial charge < -0.3 is 10.1 Å². The van der Waals surface area contributed by atoms with Gasteiger partial charge in [-0.25, -0.2) is 14.8 Å². The van der Waals surface area contributed by atoms with Crippen molar-refractivity contribution in [3.63, 3.8) is 0 Å². The Morgan fingerprint density at radius 1 is 1.37 bits per heavy atom. The molecule has 100 valence electrons. The molecule has 2 heterocycles. The van der Waals surface area contributed by atoms with Crippen LogP contribution in [-0.4, -0.2) is 23.0 Å². The van der Waals surface area contributed by atoms with Gasteiger partial charge in [0, 0.05) is 15.8 Å². The molecule has 0 bridgehead atoms. The van der Waals surface area contributed by atoms with Gasteiger partial charge in [-0.2, -0.15) is 0 Å². The van der Waals surface area contributed by atoms with E-state index >= 15 is 0 Å². The van der Waals surface area contributed by atoms with Gasteiger partial charge in [0.15, 0.2) is 5.69 Å². The maximum Gasteiger partial charge on any atom is 0.356 e. The lowest BCUT2D eigenvalue weighted by Crippen LogP contribution is -2.07. The Hall–Kier alpha value is -1.95. The number of nitrogens with zero attached hydrogens (tertiary/aromatic N) is 2. The van der Waals surface area contributed by atoms with Gasteiger partial charge in [-0.1, -0.05) is 6.92 Å². The average molecular weight is 277 g/mol. The van der Waals surface area contributed by atoms with E-state index in [0.29, 0.717) is 12.4 Å². The zero-order valence-electron chi connectivity index (χ0n) is 10.8. The Morgan fingerprint density at radius 2 is 2.16 bits per heavy atom. The summed E-state index contributed by atoms with van der Waals surface area (Å²) in [4.78, 5) is 21.9. The Labute approximate surface area is 115 Å². The molecule has 0 aliphatic heterocycles. The molecule has 0 aliphatic rings. The van der Waals surface area contributed by atoms with Crippen molar-refractivity contribution in [3.8, 4) is 0 Å². The normalized spacial score (nSPS) is 10.2. The third kappa shape index (κ3) is 3.51. The maximum absolute atomic E-state index is 11.3. The monoisotopic (exact) mass is 277 g/mol. The summed E-state index contributed by atoms with van der Waals surface area (Å²) in [6.07, 6.45) is 2.39. The van der Waals surface area contributed by atoms with Crippen LogP contribution in [-0.2, 0) is 17.7 Å². The first-order chi connectivity index (χ1) is 9.22. The van der Waals surface area contributed by atoms with Crippen molar-refractivity contribution < 1.29 is 9.53 Å². The predicted molar refractivity (Wildman–Crippen MR) is 74.4 cm³/mol. The molecular weight excluding hydrogens is 262 g/mol. The molecular formula is C13H15N3O2S. The summed E-state index contributed by atoms with van der Waals surface area (Å²) in [5.74, 6) is 0.150. The first-order valence-corrected chi connectivity index (χ1v) is 6.76. The fraction of sp³-hybridized carbons (Fsp3) is 0.308. The molecule has 0 radical (unpaired) electrons. The van der Waals surface area contributed by atoms with Crippen LogP contribution in [0.5, 0.6) is 0 Å². The lowest BCUT2D eigenvalue weighted by Gasteiger charge is -2.04. The van der Waals surface area contributed by atoms with Crippen LogP contribution in [0.4, 0.5) is 5.82 Å². The Bertz CT molecular complexity index is 569. The van der Waals surface area contributed by atoms with Crippen molar-refractivity contribution in [2.45, 2.75) is 19.9 Å². The van der Waals surface area contributed by atoms with Crippen LogP contribution in [0.3, 0.4) is 0 Å². The number of aromatic nitrogens is 2. The smallest absolute Gasteiger partial charge is 0.356 e. The van der Waals surface area contributed by atoms with Crippen LogP contribution in [0, 0.1) is 0 Å². The molecule has 2 rings (SSSR count). The zero-order valence-corrected chi connectivity index (χ0v) is 11.7. The van der Waals surface area contributed by atoms with Crippen molar-refractivity contribution >= 4 is 23.1 Å². The highest BCUT2D eigenvalue weighted by Gasteiger charge is 2.08. The number of ether oxygens (including phenoxy) is 1. The maximum atomic E-state index is 11.3. The second-order valence-corrected chi connectivity index (χ2v) is 5.11. The van der Waals surface area contributed by atoms with Gasteiger partial charge >= 0.3 is 5.97 Å². The second-order valence-electron chi connectivity index (χ2n) is 3.86. The molecule has 2 aromatic heterocycles. The fourth-order valence-corrected chi connectivity index (χ4v) is 2.45. The van der Waals surface area contributed by atoms with Crippen molar-refractivity contribution in [2.24, 2.45) is 0 Å². The van der Waals surface area contributed by atoms with Gasteiger partial charge in [0.1, 0.15) is 12.1 Å². The van der Waals surface area contributed by atoms with Crippen LogP contribution >= 0.6 is 11.3 Å². The minimum absolute atomic E-state index is 0.250. The van der Waals surface area contributed by atoms with Crippen molar-refractivity contribution in [1.82, 2.24) is 9.97 Å². The number of aryl methyl sites for hydroxylation is 1. The average Bonchev–Trinajstić information content (AvgIpc) is 2.92. The van der Waals surface area contributed by atoms with Gasteiger partial charge in [0.2, 0.25) is 0 Å². The molecule has 0 atom stereocenters. The fourth-order valence-electron chi connectivity index (χ4n) is 1.56. The Balaban J connectivity index is 2.01. The molecule has 5 nitrogen and oxygen atoms in total. The van der Waals surface area contributed by atoms with Crippen LogP contribution in [0.25, 0.3) is 0 Å². The SMILES string of the molecule is CCc1ccc(CNc2cc(C(=O)OC)ncn2)s1. The molecule has 0 aromatic carbocycles. The number of nitrogens with one attached hydrogen (secondary N) is 1. The third-order valence-electron chi connectivity index (χ3n) is 2.57. The molecule has 6 heteroatoms. The van der Waals surface area contributed by atoms with Gasteiger partial charge in [-0.3, -0.25) is 0 Å². The summed E-state index contributed by atoms with van der Waals surface area (Å²) in [6, 6.07) is 5.81. The van der Waals surface area contributed by atoms with Crippen LogP contribution in [0.1, 0.15) is 27.2 Å². The number of anilines is 1. The summed E-state index contributed by atoms with van der Waals surface area (Å²) in [5, 5.41) is 3.17. The summed E-state index contributed by atoms with van der Waals surface area (Å²) in [6.45, 7) is 2.82. The molecule has 0 aliphatic carbocycles. The summed E-state index contributed by atoms with van der Waals surface area (Å²) < 4.78 is 4.62. The van der Waals surface area contributed by atoms with E-state index in [-0.39, 0.29) is 5.69 Å². The molecule has 19 heavy (non-hydrogen) atoms. The van der Waals surface area contributed by atoms with Gasteiger partial charge in [0.25, 0.3) is 0 Å². The van der Waals surface area contributed by atoms with E-state index in [1.165, 1.54) is 23.2 Å². The Morgan fingerprint density at radius 3 is 2.84 bits per heavy atom. The van der Waals surface area contributed by atoms with Crippen molar-refractivity contribution in [1.29, 1.82) is 0 Å². The van der Waals surface area contributed by atoms with E-state index in [1.54, 1.807) is 17.4 Å². The topological polar surface area (TPSA) is 64.1 Å². The molecule has 0 saturated heterocycles. The van der Waals surface area contributed by atoms with E-state index in [1.807, 2.05) is 0 Å². The number of rotatable bonds is 5. The minimum Gasteiger partial charge on any atom is -0.464 e. The number of carbonyl (C=O) groups is 1. The summed E-state index contributed by atoms with van der Waals surface area (Å²) in [5.41, 5.74) is 0.250. The van der Waals surface area contributed by atoms with E-state index in [2.05, 4.69) is 39.1 Å². The molecule has 0 unspecified atom stereocenters. The number of hydrogen-bond donors (Lipinski definition) is 1. The predicted octanol–water partition coefficient (Wildman–Crippen LogP) is 2.50. The molecule has 0 fully saturated rings. The van der Waals surface area contributed by atoms with Crippen molar-refractivity contribution in [2.75, 3.05) is 12.4 Å². The number of hydrogen-bond acceptors (Lipinski definition) is 6. The van der Waals surface area contributed by atoms with Crippen LogP contribution < -0.4 is 5.32 Å². The first-order valence-electron chi connectivity index (χ1n) is 5.94. The lowest BCUT2D eigenvalue weighted by molar-refractivity contribution is 0.0594. The second kappa shape index (κ2) is 6.29. The van der Waals surface area contributed by atoms with Gasteiger partial charge in [-0.05, 0) is 18.6 Å². The van der Waals surface area contributed by atoms with Crippen molar-refractivity contribution in [3.05, 3.63) is 40.0 Å². The number of esters is 1. The minimum atomic E-state index is -0.463. The number of thiophene rings is 1. The first kappa shape index (κ1) is 13.5. The molecule has 2 aromatic rings. The molecule has 1 N–H and O–H groups in total. The van der Waals surface area contributed by atoms with Crippen LogP contribution in [0.2, 0.25) is 0 Å². The summed E-state index contributed by atoms with van der Waals surface area (Å²) in [7, 11) is 1.33. The van der Waals surface area contributed by atoms with E-state index in [0.717, 1.165) is 6.42 Å². The van der Waals surface area contributed by atoms with Gasteiger partial charge in [0.05, 0.1) is 13.7 Å². The molecule has 0 spiro atoms. The third-order valence-corrected chi connectivity index (χ3v) is 3.80.